The summed E-state index contributed by atoms with van der Waals surface area (Å²) < 4.78 is 62.8. The minimum atomic E-state index is -4.60. The van der Waals surface area contributed by atoms with Crippen LogP contribution < -0.4 is 0 Å². The van der Waals surface area contributed by atoms with Crippen molar-refractivity contribution in [3.63, 3.8) is 0 Å². The molecule has 1 aromatic rings. The molecule has 0 spiro atoms. The van der Waals surface area contributed by atoms with Crippen molar-refractivity contribution in [3.05, 3.63) is 34.9 Å². The molecule has 5 heteroatoms. The van der Waals surface area contributed by atoms with Crippen molar-refractivity contribution in [2.75, 3.05) is 0 Å². The molecule has 0 saturated carbocycles. The molecule has 0 fully saturated rings. The fourth-order valence-electron chi connectivity index (χ4n) is 1.60. The first-order valence-corrected chi connectivity index (χ1v) is 5.03. The number of alkyl halides is 5. The lowest BCUT2D eigenvalue weighted by molar-refractivity contribution is -0.137. The van der Waals surface area contributed by atoms with Crippen LogP contribution in [0.15, 0.2) is 18.2 Å². The molecule has 0 heterocycles. The van der Waals surface area contributed by atoms with E-state index in [1.807, 2.05) is 0 Å². The molecule has 0 atom stereocenters. The van der Waals surface area contributed by atoms with Gasteiger partial charge in [0.05, 0.1) is 5.56 Å². The molecular formula is C12H13F5. The molecule has 0 amide bonds. The Kier molecular flexibility index (Phi) is 3.50. The van der Waals surface area contributed by atoms with Crippen LogP contribution in [0.5, 0.6) is 0 Å². The molecule has 0 unspecified atom stereocenters. The zero-order chi connectivity index (χ0) is 13.4. The maximum Gasteiger partial charge on any atom is 0.416 e. The third-order valence-electron chi connectivity index (χ3n) is 2.42. The molecule has 0 nitrogen and oxygen atoms in total. The maximum absolute atomic E-state index is 12.8. The summed E-state index contributed by atoms with van der Waals surface area (Å²) in [6, 6.07) is 2.50. The third-order valence-corrected chi connectivity index (χ3v) is 2.42. The van der Waals surface area contributed by atoms with Crippen molar-refractivity contribution in [2.24, 2.45) is 0 Å². The van der Waals surface area contributed by atoms with Gasteiger partial charge >= 0.3 is 6.18 Å². The Morgan fingerprint density at radius 1 is 1.00 bits per heavy atom. The summed E-state index contributed by atoms with van der Waals surface area (Å²) >= 11 is 0. The smallest absolute Gasteiger partial charge is 0.205 e. The second kappa shape index (κ2) is 4.27. The fourth-order valence-corrected chi connectivity index (χ4v) is 1.60. The highest BCUT2D eigenvalue weighted by atomic mass is 19.4. The standard InChI is InChI=1S/C12H13F5/c1-11(2,3)9-5-4-7(12(15,16)17)6-8(9)10(13)14/h4-6,10H,1-3H3. The van der Waals surface area contributed by atoms with Gasteiger partial charge in [-0.2, -0.15) is 13.2 Å². The van der Waals surface area contributed by atoms with Crippen LogP contribution in [0.3, 0.4) is 0 Å². The molecular weight excluding hydrogens is 239 g/mol. The SMILES string of the molecule is CC(C)(C)c1ccc(C(F)(F)F)cc1C(F)F. The van der Waals surface area contributed by atoms with Gasteiger partial charge in [-0.25, -0.2) is 8.78 Å². The van der Waals surface area contributed by atoms with Gasteiger partial charge in [-0.15, -0.1) is 0 Å². The predicted octanol–water partition coefficient (Wildman–Crippen LogP) is 4.94. The maximum atomic E-state index is 12.8. The molecule has 1 aromatic carbocycles. The lowest BCUT2D eigenvalue weighted by Crippen LogP contribution is -2.16. The van der Waals surface area contributed by atoms with Crippen molar-refractivity contribution in [3.8, 4) is 0 Å². The molecule has 0 aromatic heterocycles. The van der Waals surface area contributed by atoms with Crippen LogP contribution in [-0.2, 0) is 11.6 Å². The molecule has 0 aliphatic carbocycles. The number of hydrogen-bond acceptors (Lipinski definition) is 0. The minimum absolute atomic E-state index is 0.237. The summed E-state index contributed by atoms with van der Waals surface area (Å²) in [4.78, 5) is 0. The molecule has 0 saturated heterocycles. The Bertz CT molecular complexity index is 398. The number of hydrogen-bond donors (Lipinski definition) is 0. The van der Waals surface area contributed by atoms with E-state index in [-0.39, 0.29) is 5.56 Å². The van der Waals surface area contributed by atoms with Gasteiger partial charge in [-0.05, 0) is 23.1 Å². The van der Waals surface area contributed by atoms with E-state index in [0.29, 0.717) is 6.07 Å². The largest absolute Gasteiger partial charge is 0.416 e. The van der Waals surface area contributed by atoms with E-state index < -0.39 is 29.1 Å². The first-order valence-electron chi connectivity index (χ1n) is 5.03. The van der Waals surface area contributed by atoms with E-state index in [1.165, 1.54) is 0 Å². The quantitative estimate of drug-likeness (QED) is 0.621. The number of halogens is 5. The highest BCUT2D eigenvalue weighted by Crippen LogP contribution is 2.37. The monoisotopic (exact) mass is 252 g/mol. The lowest BCUT2D eigenvalue weighted by Gasteiger charge is -2.23. The van der Waals surface area contributed by atoms with Crippen molar-refractivity contribution >= 4 is 0 Å². The van der Waals surface area contributed by atoms with Crippen LogP contribution in [0, 0.1) is 0 Å². The average Bonchev–Trinajstić information content (AvgIpc) is 2.14. The van der Waals surface area contributed by atoms with Gasteiger partial charge in [0.15, 0.2) is 0 Å². The first-order chi connectivity index (χ1) is 7.53. The van der Waals surface area contributed by atoms with Gasteiger partial charge in [0.1, 0.15) is 0 Å². The van der Waals surface area contributed by atoms with E-state index in [9.17, 15) is 22.0 Å². The lowest BCUT2D eigenvalue weighted by atomic mass is 9.83. The summed E-state index contributed by atoms with van der Waals surface area (Å²) in [6.45, 7) is 5.05. The van der Waals surface area contributed by atoms with Gasteiger partial charge < -0.3 is 0 Å². The number of benzene rings is 1. The van der Waals surface area contributed by atoms with E-state index >= 15 is 0 Å². The van der Waals surface area contributed by atoms with Crippen molar-refractivity contribution in [1.82, 2.24) is 0 Å². The fraction of sp³-hybridized carbons (Fsp3) is 0.500. The topological polar surface area (TPSA) is 0 Å². The van der Waals surface area contributed by atoms with Gasteiger partial charge in [-0.1, -0.05) is 26.8 Å². The van der Waals surface area contributed by atoms with Gasteiger partial charge in [0.25, 0.3) is 6.43 Å². The molecule has 0 aliphatic heterocycles. The normalized spacial score (nSPS) is 13.2. The van der Waals surface area contributed by atoms with Crippen molar-refractivity contribution in [2.45, 2.75) is 38.8 Å². The Morgan fingerprint density at radius 2 is 1.53 bits per heavy atom. The predicted molar refractivity (Wildman–Crippen MR) is 55.1 cm³/mol. The van der Waals surface area contributed by atoms with Crippen LogP contribution in [0.2, 0.25) is 0 Å². The molecule has 0 aliphatic rings. The van der Waals surface area contributed by atoms with E-state index in [2.05, 4.69) is 0 Å². The Balaban J connectivity index is 3.38. The van der Waals surface area contributed by atoms with Crippen molar-refractivity contribution in [1.29, 1.82) is 0 Å². The van der Waals surface area contributed by atoms with Crippen LogP contribution in [0.4, 0.5) is 22.0 Å². The second-order valence-corrected chi connectivity index (χ2v) is 4.85. The summed E-state index contributed by atoms with van der Waals surface area (Å²) in [7, 11) is 0. The Labute approximate surface area is 96.4 Å². The summed E-state index contributed by atoms with van der Waals surface area (Å²) in [6.07, 6.45) is -7.51. The zero-order valence-electron chi connectivity index (χ0n) is 9.70. The van der Waals surface area contributed by atoms with E-state index in [0.717, 1.165) is 12.1 Å². The Morgan fingerprint density at radius 3 is 1.88 bits per heavy atom. The summed E-state index contributed by atoms with van der Waals surface area (Å²) in [5.74, 6) is 0. The van der Waals surface area contributed by atoms with Crippen LogP contribution in [0.1, 0.15) is 43.9 Å². The molecule has 17 heavy (non-hydrogen) atoms. The van der Waals surface area contributed by atoms with Crippen LogP contribution >= 0.6 is 0 Å². The summed E-state index contributed by atoms with van der Waals surface area (Å²) in [5, 5.41) is 0. The van der Waals surface area contributed by atoms with Crippen molar-refractivity contribution < 1.29 is 22.0 Å². The summed E-state index contributed by atoms with van der Waals surface area (Å²) in [5.41, 5.74) is -1.97. The third kappa shape index (κ3) is 3.17. The van der Waals surface area contributed by atoms with Crippen LogP contribution in [-0.4, -0.2) is 0 Å². The molecule has 0 N–H and O–H groups in total. The van der Waals surface area contributed by atoms with Gasteiger partial charge in [0.2, 0.25) is 0 Å². The molecule has 0 radical (unpaired) electrons. The molecule has 1 rings (SSSR count). The Hall–Kier alpha value is -1.13. The first kappa shape index (κ1) is 13.9. The van der Waals surface area contributed by atoms with E-state index in [4.69, 9.17) is 0 Å². The average molecular weight is 252 g/mol. The molecule has 0 bridgehead atoms. The molecule has 96 valence electrons. The minimum Gasteiger partial charge on any atom is -0.205 e. The van der Waals surface area contributed by atoms with Gasteiger partial charge in [-0.3, -0.25) is 0 Å². The zero-order valence-corrected chi connectivity index (χ0v) is 9.70. The van der Waals surface area contributed by atoms with E-state index in [1.54, 1.807) is 20.8 Å². The second-order valence-electron chi connectivity index (χ2n) is 4.85. The highest BCUT2D eigenvalue weighted by molar-refractivity contribution is 5.38. The van der Waals surface area contributed by atoms with Crippen LogP contribution in [0.25, 0.3) is 0 Å². The highest BCUT2D eigenvalue weighted by Gasteiger charge is 2.33. The number of rotatable bonds is 1. The van der Waals surface area contributed by atoms with Gasteiger partial charge in [0, 0.05) is 5.56 Å².